The van der Waals surface area contributed by atoms with E-state index in [-0.39, 0.29) is 18.1 Å². The molecule has 104 valence electrons. The Morgan fingerprint density at radius 1 is 1.10 bits per heavy atom. The molecule has 0 radical (unpaired) electrons. The first-order valence-electron chi connectivity index (χ1n) is 6.86. The molecule has 1 N–H and O–H groups in total. The lowest BCUT2D eigenvalue weighted by atomic mass is 10.1. The highest BCUT2D eigenvalue weighted by atomic mass is 19.1. The number of fused-ring (bicyclic) bond motifs is 1. The van der Waals surface area contributed by atoms with Crippen LogP contribution in [0.2, 0.25) is 0 Å². The van der Waals surface area contributed by atoms with Crippen LogP contribution in [0, 0.1) is 5.82 Å². The molecule has 4 heteroatoms. The molecular formula is C17H13FN2O. The molecule has 2 aromatic carbocycles. The van der Waals surface area contributed by atoms with E-state index in [1.807, 2.05) is 36.5 Å². The number of rotatable bonds is 0. The zero-order valence-electron chi connectivity index (χ0n) is 11.3. The van der Waals surface area contributed by atoms with Crippen LogP contribution in [0.1, 0.15) is 11.1 Å². The van der Waals surface area contributed by atoms with Gasteiger partial charge in [0.05, 0.1) is 11.9 Å². The molecule has 0 spiro atoms. The SMILES string of the molecule is O=C1Cc2cc(F)cc3ccn(c23)Cc2ccccc2N1. The first-order chi connectivity index (χ1) is 10.2. The lowest BCUT2D eigenvalue weighted by molar-refractivity contribution is -0.115. The van der Waals surface area contributed by atoms with Crippen LogP contribution in [0.5, 0.6) is 0 Å². The molecule has 3 aromatic rings. The third-order valence-electron chi connectivity index (χ3n) is 3.89. The van der Waals surface area contributed by atoms with Crippen molar-refractivity contribution in [3.8, 4) is 0 Å². The van der Waals surface area contributed by atoms with Gasteiger partial charge in [-0.2, -0.15) is 0 Å². The van der Waals surface area contributed by atoms with Crippen LogP contribution in [0.25, 0.3) is 10.9 Å². The second-order valence-corrected chi connectivity index (χ2v) is 5.33. The van der Waals surface area contributed by atoms with Crippen molar-refractivity contribution in [3.05, 3.63) is 65.6 Å². The molecule has 0 aliphatic carbocycles. The summed E-state index contributed by atoms with van der Waals surface area (Å²) in [7, 11) is 0. The van der Waals surface area contributed by atoms with E-state index in [2.05, 4.69) is 9.88 Å². The van der Waals surface area contributed by atoms with Crippen molar-refractivity contribution < 1.29 is 9.18 Å². The van der Waals surface area contributed by atoms with Crippen molar-refractivity contribution in [3.63, 3.8) is 0 Å². The Bertz CT molecular complexity index is 866. The van der Waals surface area contributed by atoms with Crippen LogP contribution < -0.4 is 5.32 Å². The van der Waals surface area contributed by atoms with Crippen LogP contribution in [0.3, 0.4) is 0 Å². The predicted molar refractivity (Wildman–Crippen MR) is 79.8 cm³/mol. The number of carbonyl (C=O) groups excluding carboxylic acids is 1. The van der Waals surface area contributed by atoms with E-state index in [0.29, 0.717) is 6.54 Å². The van der Waals surface area contributed by atoms with Gasteiger partial charge in [0, 0.05) is 23.8 Å². The van der Waals surface area contributed by atoms with E-state index in [4.69, 9.17) is 0 Å². The van der Waals surface area contributed by atoms with Gasteiger partial charge in [-0.1, -0.05) is 18.2 Å². The van der Waals surface area contributed by atoms with Gasteiger partial charge in [0.2, 0.25) is 5.91 Å². The van der Waals surface area contributed by atoms with Gasteiger partial charge >= 0.3 is 0 Å². The first kappa shape index (κ1) is 12.1. The van der Waals surface area contributed by atoms with Crippen molar-refractivity contribution in [1.29, 1.82) is 0 Å². The number of hydrogen-bond donors (Lipinski definition) is 1. The van der Waals surface area contributed by atoms with Crippen molar-refractivity contribution >= 4 is 22.5 Å². The van der Waals surface area contributed by atoms with Gasteiger partial charge in [0.15, 0.2) is 0 Å². The fourth-order valence-electron chi connectivity index (χ4n) is 3.00. The van der Waals surface area contributed by atoms with Gasteiger partial charge in [0.1, 0.15) is 5.82 Å². The Kier molecular flexibility index (Phi) is 2.57. The third kappa shape index (κ3) is 2.00. The Hall–Kier alpha value is -2.62. The summed E-state index contributed by atoms with van der Waals surface area (Å²) in [4.78, 5) is 12.2. The number of nitrogens with zero attached hydrogens (tertiary/aromatic N) is 1. The summed E-state index contributed by atoms with van der Waals surface area (Å²) < 4.78 is 15.8. The quantitative estimate of drug-likeness (QED) is 0.673. The Morgan fingerprint density at radius 3 is 2.86 bits per heavy atom. The normalized spacial score (nSPS) is 14.0. The minimum atomic E-state index is -0.306. The minimum Gasteiger partial charge on any atom is -0.343 e. The lowest BCUT2D eigenvalue weighted by Gasteiger charge is -2.10. The fourth-order valence-corrected chi connectivity index (χ4v) is 3.00. The molecule has 0 atom stereocenters. The number of anilines is 1. The van der Waals surface area contributed by atoms with Crippen LogP contribution in [-0.4, -0.2) is 10.5 Å². The Morgan fingerprint density at radius 2 is 1.95 bits per heavy atom. The molecule has 1 aliphatic rings. The number of amides is 1. The number of halogens is 1. The third-order valence-corrected chi connectivity index (χ3v) is 3.89. The number of benzene rings is 2. The van der Waals surface area contributed by atoms with Crippen molar-refractivity contribution in [2.45, 2.75) is 13.0 Å². The molecule has 0 bridgehead atoms. The highest BCUT2D eigenvalue weighted by Gasteiger charge is 2.17. The molecular weight excluding hydrogens is 267 g/mol. The summed E-state index contributed by atoms with van der Waals surface area (Å²) in [5.74, 6) is -0.427. The summed E-state index contributed by atoms with van der Waals surface area (Å²) in [5.41, 5.74) is 3.52. The lowest BCUT2D eigenvalue weighted by Crippen LogP contribution is -2.15. The minimum absolute atomic E-state index is 0.121. The maximum Gasteiger partial charge on any atom is 0.228 e. The van der Waals surface area contributed by atoms with Crippen LogP contribution >= 0.6 is 0 Å². The maximum atomic E-state index is 13.7. The summed E-state index contributed by atoms with van der Waals surface area (Å²) in [6.07, 6.45) is 2.12. The maximum absolute atomic E-state index is 13.7. The summed E-state index contributed by atoms with van der Waals surface area (Å²) in [6, 6.07) is 12.6. The molecule has 0 saturated carbocycles. The number of hydrogen-bond acceptors (Lipinski definition) is 1. The van der Waals surface area contributed by atoms with Crippen LogP contribution in [0.4, 0.5) is 10.1 Å². The van der Waals surface area contributed by atoms with Gasteiger partial charge < -0.3 is 9.88 Å². The number of para-hydroxylation sites is 1. The zero-order valence-corrected chi connectivity index (χ0v) is 11.3. The van der Waals surface area contributed by atoms with E-state index in [1.165, 1.54) is 12.1 Å². The van der Waals surface area contributed by atoms with Crippen LogP contribution in [0.15, 0.2) is 48.7 Å². The molecule has 0 fully saturated rings. The first-order valence-corrected chi connectivity index (χ1v) is 6.86. The molecule has 1 amide bonds. The average Bonchev–Trinajstić information content (AvgIpc) is 2.84. The smallest absolute Gasteiger partial charge is 0.228 e. The van der Waals surface area contributed by atoms with Crippen LogP contribution in [-0.2, 0) is 17.8 Å². The monoisotopic (exact) mass is 280 g/mol. The number of nitrogens with one attached hydrogen (secondary N) is 1. The molecule has 3 nitrogen and oxygen atoms in total. The largest absolute Gasteiger partial charge is 0.343 e. The molecule has 2 heterocycles. The molecule has 1 aromatic heterocycles. The highest BCUT2D eigenvalue weighted by Crippen LogP contribution is 2.27. The topological polar surface area (TPSA) is 34.0 Å². The van der Waals surface area contributed by atoms with Gasteiger partial charge in [-0.05, 0) is 35.4 Å². The van der Waals surface area contributed by atoms with E-state index in [1.54, 1.807) is 0 Å². The summed E-state index contributed by atoms with van der Waals surface area (Å²) in [6.45, 7) is 0.651. The number of carbonyl (C=O) groups is 1. The Labute approximate surface area is 121 Å². The molecule has 21 heavy (non-hydrogen) atoms. The number of aromatic nitrogens is 1. The fraction of sp³-hybridized carbons (Fsp3) is 0.118. The van der Waals surface area contributed by atoms with E-state index < -0.39 is 0 Å². The standard InChI is InChI=1S/C17H13FN2O/c18-14-7-11-5-6-20-10-12-3-1-2-4-15(12)19-16(21)9-13(8-14)17(11)20/h1-8H,9-10H2,(H,19,21). The van der Waals surface area contributed by atoms with Crippen molar-refractivity contribution in [2.75, 3.05) is 5.32 Å². The van der Waals surface area contributed by atoms with Gasteiger partial charge in [-0.15, -0.1) is 0 Å². The zero-order chi connectivity index (χ0) is 14.4. The van der Waals surface area contributed by atoms with E-state index in [9.17, 15) is 9.18 Å². The second kappa shape index (κ2) is 4.45. The molecule has 1 aliphatic heterocycles. The van der Waals surface area contributed by atoms with Crippen molar-refractivity contribution in [2.24, 2.45) is 0 Å². The molecule has 0 unspecified atom stereocenters. The predicted octanol–water partition coefficient (Wildman–Crippen LogP) is 3.32. The van der Waals surface area contributed by atoms with Crippen molar-refractivity contribution in [1.82, 2.24) is 4.57 Å². The average molecular weight is 280 g/mol. The van der Waals surface area contributed by atoms with Gasteiger partial charge in [0.25, 0.3) is 0 Å². The Balaban J connectivity index is 1.98. The van der Waals surface area contributed by atoms with E-state index >= 15 is 0 Å². The molecule has 0 saturated heterocycles. The summed E-state index contributed by atoms with van der Waals surface area (Å²) in [5, 5.41) is 3.75. The van der Waals surface area contributed by atoms with E-state index in [0.717, 1.165) is 27.7 Å². The summed E-state index contributed by atoms with van der Waals surface area (Å²) >= 11 is 0. The second-order valence-electron chi connectivity index (χ2n) is 5.33. The highest BCUT2D eigenvalue weighted by molar-refractivity contribution is 5.96. The van der Waals surface area contributed by atoms with Gasteiger partial charge in [-0.3, -0.25) is 4.79 Å². The molecule has 4 rings (SSSR count). The van der Waals surface area contributed by atoms with Gasteiger partial charge in [-0.25, -0.2) is 4.39 Å².